The number of pyridine rings is 1. The van der Waals surface area contributed by atoms with Crippen LogP contribution in [-0.2, 0) is 0 Å². The van der Waals surface area contributed by atoms with Crippen LogP contribution in [0.5, 0.6) is 5.88 Å². The lowest BCUT2D eigenvalue weighted by molar-refractivity contribution is 0.0699. The number of H-pyrrole nitrogens is 1. The molecule has 3 aromatic rings. The number of carbonyl (C=O) groups is 1. The number of likely N-dealkylation sites (tertiary alicyclic amines) is 1. The van der Waals surface area contributed by atoms with Gasteiger partial charge in [-0.3, -0.25) is 9.59 Å². The van der Waals surface area contributed by atoms with Crippen molar-refractivity contribution in [2.45, 2.75) is 25.7 Å². The van der Waals surface area contributed by atoms with Crippen LogP contribution >= 0.6 is 11.3 Å². The minimum atomic E-state index is -0.173. The molecular formula is C21H22N4O3S. The van der Waals surface area contributed by atoms with Crippen LogP contribution in [0.3, 0.4) is 0 Å². The second-order valence-corrected chi connectivity index (χ2v) is 7.82. The molecule has 1 N–H and O–H groups in total. The Kier molecular flexibility index (Phi) is 5.71. The van der Waals surface area contributed by atoms with Crippen molar-refractivity contribution in [3.05, 3.63) is 63.7 Å². The number of aromatic nitrogens is 3. The van der Waals surface area contributed by atoms with Gasteiger partial charge in [0.05, 0.1) is 17.2 Å². The lowest BCUT2D eigenvalue weighted by Gasteiger charge is -2.32. The highest BCUT2D eigenvalue weighted by Crippen LogP contribution is 2.28. The zero-order chi connectivity index (χ0) is 20.2. The van der Waals surface area contributed by atoms with E-state index in [2.05, 4.69) is 9.97 Å². The van der Waals surface area contributed by atoms with E-state index in [0.717, 1.165) is 17.7 Å². The Labute approximate surface area is 172 Å². The van der Waals surface area contributed by atoms with E-state index in [-0.39, 0.29) is 17.4 Å². The van der Waals surface area contributed by atoms with Gasteiger partial charge in [-0.05, 0) is 43.3 Å². The first kappa shape index (κ1) is 19.3. The summed E-state index contributed by atoms with van der Waals surface area (Å²) in [4.78, 5) is 39.8. The van der Waals surface area contributed by atoms with Gasteiger partial charge in [-0.15, -0.1) is 11.3 Å². The molecule has 150 valence electrons. The Morgan fingerprint density at radius 2 is 2.28 bits per heavy atom. The first-order valence-electron chi connectivity index (χ1n) is 9.68. The van der Waals surface area contributed by atoms with Crippen molar-refractivity contribution in [2.75, 3.05) is 19.7 Å². The normalized spacial score (nSPS) is 16.6. The number of rotatable bonds is 5. The van der Waals surface area contributed by atoms with Crippen LogP contribution in [0.2, 0.25) is 0 Å². The maximum absolute atomic E-state index is 13.1. The Balaban J connectivity index is 1.58. The molecular weight excluding hydrogens is 388 g/mol. The van der Waals surface area contributed by atoms with Gasteiger partial charge in [0.25, 0.3) is 11.5 Å². The third-order valence-electron chi connectivity index (χ3n) is 4.91. The fourth-order valence-corrected chi connectivity index (χ4v) is 4.27. The molecule has 0 aliphatic carbocycles. The molecule has 0 radical (unpaired) electrons. The number of piperidine rings is 1. The summed E-state index contributed by atoms with van der Waals surface area (Å²) in [7, 11) is 0. The summed E-state index contributed by atoms with van der Waals surface area (Å²) in [6, 6.07) is 8.88. The summed E-state index contributed by atoms with van der Waals surface area (Å²) in [6.07, 6.45) is 3.32. The molecule has 1 unspecified atom stereocenters. The first-order chi connectivity index (χ1) is 14.2. The van der Waals surface area contributed by atoms with E-state index in [0.29, 0.717) is 42.7 Å². The molecule has 0 aromatic carbocycles. The van der Waals surface area contributed by atoms with Crippen LogP contribution < -0.4 is 10.3 Å². The molecule has 8 heteroatoms. The second kappa shape index (κ2) is 8.57. The van der Waals surface area contributed by atoms with Gasteiger partial charge in [-0.25, -0.2) is 9.97 Å². The average molecular weight is 410 g/mol. The molecule has 0 spiro atoms. The molecule has 3 aromatic heterocycles. The van der Waals surface area contributed by atoms with Gasteiger partial charge in [-0.2, -0.15) is 0 Å². The van der Waals surface area contributed by atoms with Gasteiger partial charge in [-0.1, -0.05) is 6.07 Å². The number of thiophene rings is 1. The molecule has 7 nitrogen and oxygen atoms in total. The molecule has 0 saturated carbocycles. The maximum Gasteiger partial charge on any atom is 0.259 e. The minimum Gasteiger partial charge on any atom is -0.477 e. The van der Waals surface area contributed by atoms with E-state index in [1.165, 1.54) is 6.07 Å². The fraction of sp³-hybridized carbons (Fsp3) is 0.333. The predicted octanol–water partition coefficient (Wildman–Crippen LogP) is 3.31. The largest absolute Gasteiger partial charge is 0.477 e. The van der Waals surface area contributed by atoms with E-state index in [9.17, 15) is 9.59 Å². The highest BCUT2D eigenvalue weighted by atomic mass is 32.1. The quantitative estimate of drug-likeness (QED) is 0.697. The summed E-state index contributed by atoms with van der Waals surface area (Å²) in [5.74, 6) is 0.860. The zero-order valence-corrected chi connectivity index (χ0v) is 16.9. The van der Waals surface area contributed by atoms with E-state index >= 15 is 0 Å². The van der Waals surface area contributed by atoms with Crippen molar-refractivity contribution >= 4 is 17.2 Å². The van der Waals surface area contributed by atoms with Crippen LogP contribution in [0.4, 0.5) is 0 Å². The van der Waals surface area contributed by atoms with Crippen molar-refractivity contribution in [2.24, 2.45) is 0 Å². The number of nitrogens with zero attached hydrogens (tertiary/aromatic N) is 3. The molecule has 29 heavy (non-hydrogen) atoms. The number of nitrogens with one attached hydrogen (secondary N) is 1. The van der Waals surface area contributed by atoms with Crippen molar-refractivity contribution in [3.63, 3.8) is 0 Å². The summed E-state index contributed by atoms with van der Waals surface area (Å²) in [5, 5.41) is 1.96. The summed E-state index contributed by atoms with van der Waals surface area (Å²) in [6.45, 7) is 3.46. The van der Waals surface area contributed by atoms with Gasteiger partial charge in [0.1, 0.15) is 11.4 Å². The molecule has 1 atom stereocenters. The summed E-state index contributed by atoms with van der Waals surface area (Å²) < 4.78 is 5.52. The van der Waals surface area contributed by atoms with Crippen LogP contribution in [0.15, 0.2) is 46.7 Å². The van der Waals surface area contributed by atoms with Crippen molar-refractivity contribution in [1.29, 1.82) is 0 Å². The van der Waals surface area contributed by atoms with Crippen LogP contribution in [0, 0.1) is 0 Å². The van der Waals surface area contributed by atoms with Crippen LogP contribution in [0.1, 0.15) is 41.9 Å². The average Bonchev–Trinajstić information content (AvgIpc) is 3.29. The lowest BCUT2D eigenvalue weighted by atomic mass is 9.96. The lowest BCUT2D eigenvalue weighted by Crippen LogP contribution is -2.40. The van der Waals surface area contributed by atoms with Crippen molar-refractivity contribution in [1.82, 2.24) is 19.9 Å². The standard InChI is InChI=1S/C21H22N4O3S/c1-2-28-20-15(7-3-9-22-20)21(27)25-10-4-6-14(13-25)19-23-16(12-18(26)24-19)17-8-5-11-29-17/h3,5,7-9,11-12,14H,2,4,6,10,13H2,1H3,(H,23,24,26). The smallest absolute Gasteiger partial charge is 0.259 e. The van der Waals surface area contributed by atoms with Gasteiger partial charge < -0.3 is 14.6 Å². The van der Waals surface area contributed by atoms with E-state index < -0.39 is 0 Å². The van der Waals surface area contributed by atoms with Crippen molar-refractivity contribution < 1.29 is 9.53 Å². The topological polar surface area (TPSA) is 88.2 Å². The van der Waals surface area contributed by atoms with E-state index in [4.69, 9.17) is 9.72 Å². The van der Waals surface area contributed by atoms with Gasteiger partial charge in [0, 0.05) is 31.3 Å². The van der Waals surface area contributed by atoms with E-state index in [1.54, 1.807) is 34.6 Å². The van der Waals surface area contributed by atoms with Gasteiger partial charge in [0.15, 0.2) is 0 Å². The SMILES string of the molecule is CCOc1ncccc1C(=O)N1CCCC(c2nc(-c3cccs3)cc(=O)[nH]2)C1. The van der Waals surface area contributed by atoms with Gasteiger partial charge in [0.2, 0.25) is 5.88 Å². The van der Waals surface area contributed by atoms with Crippen molar-refractivity contribution in [3.8, 4) is 16.5 Å². The van der Waals surface area contributed by atoms with Gasteiger partial charge >= 0.3 is 0 Å². The number of hydrogen-bond donors (Lipinski definition) is 1. The Bertz CT molecular complexity index is 1050. The number of aromatic amines is 1. The zero-order valence-electron chi connectivity index (χ0n) is 16.1. The summed E-state index contributed by atoms with van der Waals surface area (Å²) in [5.41, 5.74) is 0.963. The maximum atomic E-state index is 13.1. The molecule has 1 saturated heterocycles. The third kappa shape index (κ3) is 4.22. The number of ether oxygens (including phenoxy) is 1. The molecule has 1 fully saturated rings. The highest BCUT2D eigenvalue weighted by Gasteiger charge is 2.29. The third-order valence-corrected chi connectivity index (χ3v) is 5.80. The Hall–Kier alpha value is -3.00. The molecule has 1 aliphatic heterocycles. The van der Waals surface area contributed by atoms with Crippen LogP contribution in [0.25, 0.3) is 10.6 Å². The first-order valence-corrected chi connectivity index (χ1v) is 10.6. The highest BCUT2D eigenvalue weighted by molar-refractivity contribution is 7.13. The summed E-state index contributed by atoms with van der Waals surface area (Å²) >= 11 is 1.55. The second-order valence-electron chi connectivity index (χ2n) is 6.87. The number of hydrogen-bond acceptors (Lipinski definition) is 6. The number of carbonyl (C=O) groups excluding carboxylic acids is 1. The molecule has 1 amide bonds. The molecule has 1 aliphatic rings. The monoisotopic (exact) mass is 410 g/mol. The minimum absolute atomic E-state index is 0.0208. The fourth-order valence-electron chi connectivity index (χ4n) is 3.58. The number of amides is 1. The Morgan fingerprint density at radius 1 is 1.38 bits per heavy atom. The van der Waals surface area contributed by atoms with E-state index in [1.807, 2.05) is 24.4 Å². The molecule has 4 rings (SSSR count). The molecule has 0 bridgehead atoms. The molecule has 4 heterocycles. The van der Waals surface area contributed by atoms with Crippen LogP contribution in [-0.4, -0.2) is 45.5 Å². The predicted molar refractivity (Wildman–Crippen MR) is 111 cm³/mol. The Morgan fingerprint density at radius 3 is 3.07 bits per heavy atom.